The Bertz CT molecular complexity index is 961. The van der Waals surface area contributed by atoms with Crippen molar-refractivity contribution in [3.8, 4) is 16.9 Å². The molecule has 0 spiro atoms. The number of rotatable bonds is 4. The lowest BCUT2D eigenvalue weighted by atomic mass is 9.95. The molecule has 2 aromatic carbocycles. The molecule has 146 valence electrons. The molecule has 2 heterocycles. The van der Waals surface area contributed by atoms with Crippen molar-refractivity contribution in [2.75, 3.05) is 0 Å². The molecule has 3 aromatic rings. The maximum absolute atomic E-state index is 10.6. The van der Waals surface area contributed by atoms with Crippen LogP contribution in [0.15, 0.2) is 54.7 Å². The van der Waals surface area contributed by atoms with Crippen LogP contribution in [0.3, 0.4) is 0 Å². The van der Waals surface area contributed by atoms with Gasteiger partial charge in [0.25, 0.3) is 0 Å². The molecule has 0 bridgehead atoms. The van der Waals surface area contributed by atoms with Crippen LogP contribution in [0, 0.1) is 6.92 Å². The van der Waals surface area contributed by atoms with Crippen molar-refractivity contribution >= 4 is 0 Å². The molecule has 1 aromatic heterocycles. The summed E-state index contributed by atoms with van der Waals surface area (Å²) < 4.78 is 6.74. The maximum Gasteiger partial charge on any atom is 0.184 e. The number of nitrogens with zero attached hydrogens (tertiary/aromatic N) is 3. The van der Waals surface area contributed by atoms with Crippen molar-refractivity contribution in [2.45, 2.75) is 37.6 Å². The van der Waals surface area contributed by atoms with E-state index in [0.717, 1.165) is 22.5 Å². The van der Waals surface area contributed by atoms with Gasteiger partial charge in [-0.1, -0.05) is 41.6 Å². The first-order valence-corrected chi connectivity index (χ1v) is 8.92. The summed E-state index contributed by atoms with van der Waals surface area (Å²) in [7, 11) is 0. The second-order valence-electron chi connectivity index (χ2n) is 6.87. The first kappa shape index (κ1) is 18.7. The SMILES string of the molecule is Cc1cc(-n2cc(-c3ccccc3)nn2)ccc1C(O)C1OC(O)C(O)C1O. The van der Waals surface area contributed by atoms with Gasteiger partial charge in [0.2, 0.25) is 0 Å². The third-order valence-electron chi connectivity index (χ3n) is 4.99. The molecule has 1 aliphatic rings. The van der Waals surface area contributed by atoms with Crippen LogP contribution < -0.4 is 0 Å². The van der Waals surface area contributed by atoms with Crippen molar-refractivity contribution < 1.29 is 25.2 Å². The van der Waals surface area contributed by atoms with E-state index in [1.54, 1.807) is 16.8 Å². The monoisotopic (exact) mass is 383 g/mol. The fourth-order valence-electron chi connectivity index (χ4n) is 3.39. The first-order valence-electron chi connectivity index (χ1n) is 8.92. The number of hydrogen-bond donors (Lipinski definition) is 4. The van der Waals surface area contributed by atoms with Crippen LogP contribution in [-0.4, -0.2) is 60.0 Å². The van der Waals surface area contributed by atoms with Crippen LogP contribution in [0.4, 0.5) is 0 Å². The summed E-state index contributed by atoms with van der Waals surface area (Å²) in [6.07, 6.45) is -4.87. The Kier molecular flexibility index (Phi) is 4.96. The van der Waals surface area contributed by atoms with E-state index < -0.39 is 30.7 Å². The Labute approximate surface area is 161 Å². The van der Waals surface area contributed by atoms with Gasteiger partial charge in [-0.15, -0.1) is 5.10 Å². The fourth-order valence-corrected chi connectivity index (χ4v) is 3.39. The fraction of sp³-hybridized carbons (Fsp3) is 0.300. The molecule has 5 atom stereocenters. The minimum absolute atomic E-state index is 0.525. The predicted octanol–water partition coefficient (Wildman–Crippen LogP) is 0.715. The van der Waals surface area contributed by atoms with Crippen LogP contribution in [0.1, 0.15) is 17.2 Å². The Morgan fingerprint density at radius 2 is 1.79 bits per heavy atom. The normalized spacial score (nSPS) is 25.8. The lowest BCUT2D eigenvalue weighted by molar-refractivity contribution is -0.146. The van der Waals surface area contributed by atoms with Gasteiger partial charge in [-0.2, -0.15) is 0 Å². The number of aliphatic hydroxyl groups excluding tert-OH is 4. The van der Waals surface area contributed by atoms with Gasteiger partial charge in [0.15, 0.2) is 6.29 Å². The van der Waals surface area contributed by atoms with Gasteiger partial charge in [0, 0.05) is 5.56 Å². The average molecular weight is 383 g/mol. The van der Waals surface area contributed by atoms with Gasteiger partial charge >= 0.3 is 0 Å². The van der Waals surface area contributed by atoms with E-state index in [1.165, 1.54) is 0 Å². The van der Waals surface area contributed by atoms with Crippen LogP contribution in [0.5, 0.6) is 0 Å². The van der Waals surface area contributed by atoms with Gasteiger partial charge in [-0.05, 0) is 30.2 Å². The van der Waals surface area contributed by atoms with Crippen LogP contribution in [0.2, 0.25) is 0 Å². The lowest BCUT2D eigenvalue weighted by Gasteiger charge is -2.22. The molecule has 0 radical (unpaired) electrons. The highest BCUT2D eigenvalue weighted by Gasteiger charge is 2.45. The number of hydrogen-bond acceptors (Lipinski definition) is 7. The summed E-state index contributed by atoms with van der Waals surface area (Å²) in [6.45, 7) is 1.81. The molecule has 4 N–H and O–H groups in total. The highest BCUT2D eigenvalue weighted by Crippen LogP contribution is 2.32. The standard InChI is InChI=1S/C20H21N3O5/c1-11-9-13(23-10-15(21-22-23)12-5-3-2-4-6-12)7-8-14(11)16(24)19-17(25)18(26)20(27)28-19/h2-10,16-20,24-27H,1H3. The number of benzene rings is 2. The molecule has 8 heteroatoms. The first-order chi connectivity index (χ1) is 13.5. The summed E-state index contributed by atoms with van der Waals surface area (Å²) in [4.78, 5) is 0. The van der Waals surface area contributed by atoms with Crippen molar-refractivity contribution in [1.29, 1.82) is 0 Å². The smallest absolute Gasteiger partial charge is 0.184 e. The molecule has 1 saturated heterocycles. The third-order valence-corrected chi connectivity index (χ3v) is 4.99. The van der Waals surface area contributed by atoms with E-state index in [2.05, 4.69) is 10.3 Å². The summed E-state index contributed by atoms with van der Waals surface area (Å²) in [6, 6.07) is 15.0. The molecule has 0 saturated carbocycles. The van der Waals surface area contributed by atoms with Crippen molar-refractivity contribution in [1.82, 2.24) is 15.0 Å². The number of ether oxygens (including phenoxy) is 1. The summed E-state index contributed by atoms with van der Waals surface area (Å²) in [5.74, 6) is 0. The molecular weight excluding hydrogens is 362 g/mol. The van der Waals surface area contributed by atoms with E-state index in [-0.39, 0.29) is 0 Å². The summed E-state index contributed by atoms with van der Waals surface area (Å²) in [5.41, 5.74) is 3.73. The number of aliphatic hydroxyl groups is 4. The third kappa shape index (κ3) is 3.32. The van der Waals surface area contributed by atoms with Crippen LogP contribution >= 0.6 is 0 Å². The van der Waals surface area contributed by atoms with Gasteiger partial charge in [0.05, 0.1) is 11.9 Å². The summed E-state index contributed by atoms with van der Waals surface area (Å²) in [5, 5.41) is 48.1. The second-order valence-corrected chi connectivity index (χ2v) is 6.87. The Balaban J connectivity index is 1.58. The quantitative estimate of drug-likeness (QED) is 0.524. The maximum atomic E-state index is 10.6. The molecule has 4 rings (SSSR count). The van der Waals surface area contributed by atoms with Crippen molar-refractivity contribution in [3.05, 3.63) is 65.9 Å². The number of aryl methyl sites for hydroxylation is 1. The average Bonchev–Trinajstić information content (AvgIpc) is 3.29. The molecule has 28 heavy (non-hydrogen) atoms. The molecule has 0 aliphatic carbocycles. The van der Waals surface area contributed by atoms with Gasteiger partial charge in [0.1, 0.15) is 30.1 Å². The second kappa shape index (κ2) is 7.42. The molecule has 1 fully saturated rings. The zero-order valence-corrected chi connectivity index (χ0v) is 15.1. The Hall–Kier alpha value is -2.62. The minimum atomic E-state index is -1.53. The molecule has 8 nitrogen and oxygen atoms in total. The van der Waals surface area contributed by atoms with Crippen molar-refractivity contribution in [2.24, 2.45) is 0 Å². The zero-order chi connectivity index (χ0) is 19.8. The van der Waals surface area contributed by atoms with Crippen LogP contribution in [0.25, 0.3) is 16.9 Å². The van der Waals surface area contributed by atoms with E-state index in [1.807, 2.05) is 49.5 Å². The molecule has 1 aliphatic heterocycles. The minimum Gasteiger partial charge on any atom is -0.387 e. The van der Waals surface area contributed by atoms with E-state index in [4.69, 9.17) is 4.74 Å². The van der Waals surface area contributed by atoms with E-state index >= 15 is 0 Å². The van der Waals surface area contributed by atoms with Gasteiger partial charge in [-0.25, -0.2) is 4.68 Å². The van der Waals surface area contributed by atoms with Crippen LogP contribution in [-0.2, 0) is 4.74 Å². The topological polar surface area (TPSA) is 121 Å². The Morgan fingerprint density at radius 3 is 2.43 bits per heavy atom. The van der Waals surface area contributed by atoms with Gasteiger partial charge < -0.3 is 25.2 Å². The zero-order valence-electron chi connectivity index (χ0n) is 15.1. The Morgan fingerprint density at radius 1 is 1.04 bits per heavy atom. The predicted molar refractivity (Wildman–Crippen MR) is 99.4 cm³/mol. The van der Waals surface area contributed by atoms with E-state index in [9.17, 15) is 20.4 Å². The molecule has 0 amide bonds. The molecular formula is C20H21N3O5. The lowest BCUT2D eigenvalue weighted by Crippen LogP contribution is -2.35. The molecule has 5 unspecified atom stereocenters. The highest BCUT2D eigenvalue weighted by molar-refractivity contribution is 5.58. The van der Waals surface area contributed by atoms with Gasteiger partial charge in [-0.3, -0.25) is 0 Å². The largest absolute Gasteiger partial charge is 0.387 e. The van der Waals surface area contributed by atoms with Crippen molar-refractivity contribution in [3.63, 3.8) is 0 Å². The summed E-state index contributed by atoms with van der Waals surface area (Å²) >= 11 is 0. The highest BCUT2D eigenvalue weighted by atomic mass is 16.6. The van der Waals surface area contributed by atoms with E-state index in [0.29, 0.717) is 5.56 Å². The number of aromatic nitrogens is 3.